The number of imidazole rings is 1. The molecule has 0 fully saturated rings. The van der Waals surface area contributed by atoms with Gasteiger partial charge < -0.3 is 14.9 Å². The smallest absolute Gasteiger partial charge is 0.257 e. The van der Waals surface area contributed by atoms with Crippen molar-refractivity contribution in [3.8, 4) is 11.1 Å². The van der Waals surface area contributed by atoms with E-state index in [1.807, 2.05) is 24.3 Å². The van der Waals surface area contributed by atoms with Crippen LogP contribution in [-0.2, 0) is 0 Å². The molecule has 0 aliphatic carbocycles. The first-order chi connectivity index (χ1) is 16.5. The average molecular weight is 456 g/mol. The van der Waals surface area contributed by atoms with Crippen LogP contribution < -0.4 is 16.2 Å². The highest BCUT2D eigenvalue weighted by atomic mass is 16.2. The van der Waals surface area contributed by atoms with Gasteiger partial charge in [0.15, 0.2) is 0 Å². The number of carbonyl (C=O) groups excluding carboxylic acids is 2. The van der Waals surface area contributed by atoms with Gasteiger partial charge in [-0.25, -0.2) is 4.98 Å². The summed E-state index contributed by atoms with van der Waals surface area (Å²) in [5.41, 5.74) is 3.90. The fourth-order valence-corrected chi connectivity index (χ4v) is 4.48. The maximum Gasteiger partial charge on any atom is 0.257 e. The SMILES string of the molecule is CC1CCCCNC(=O)c2cccc(c2)C(=O)Nc2nc3cccc(-c4cc[nH]c(=O)c4)c3n21. The van der Waals surface area contributed by atoms with Gasteiger partial charge in [-0.1, -0.05) is 18.2 Å². The molecular formula is C26H25N5O3. The molecule has 5 rings (SSSR count). The highest BCUT2D eigenvalue weighted by molar-refractivity contribution is 6.06. The summed E-state index contributed by atoms with van der Waals surface area (Å²) in [5.74, 6) is -0.0839. The van der Waals surface area contributed by atoms with Gasteiger partial charge in [0.05, 0.1) is 11.0 Å². The Morgan fingerprint density at radius 2 is 1.71 bits per heavy atom. The zero-order chi connectivity index (χ0) is 23.7. The normalized spacial score (nSPS) is 16.9. The number of nitrogens with zero attached hydrogens (tertiary/aromatic N) is 2. The zero-order valence-electron chi connectivity index (χ0n) is 18.8. The van der Waals surface area contributed by atoms with Crippen LogP contribution in [-0.4, -0.2) is 32.9 Å². The number of fused-ring (bicyclic) bond motifs is 5. The Hall–Kier alpha value is -4.20. The second-order valence-electron chi connectivity index (χ2n) is 8.56. The van der Waals surface area contributed by atoms with E-state index in [4.69, 9.17) is 4.98 Å². The van der Waals surface area contributed by atoms with Crippen LogP contribution in [0.1, 0.15) is 52.9 Å². The standard InChI is InChI=1S/C26H25N5O3/c1-16-6-2-3-12-28-24(33)18-7-4-8-19(14-18)25(34)30-26-29-21-10-5-9-20(23(21)31(16)26)17-11-13-27-22(32)15-17/h4-5,7-11,13-16H,2-3,6,12H2,1H3,(H,27,32)(H,28,33)(H,29,30,34). The molecule has 0 saturated carbocycles. The highest BCUT2D eigenvalue weighted by Gasteiger charge is 2.22. The van der Waals surface area contributed by atoms with E-state index in [-0.39, 0.29) is 23.4 Å². The monoisotopic (exact) mass is 455 g/mol. The number of aromatic amines is 1. The first-order valence-corrected chi connectivity index (χ1v) is 11.4. The number of rotatable bonds is 1. The Morgan fingerprint density at radius 1 is 0.912 bits per heavy atom. The summed E-state index contributed by atoms with van der Waals surface area (Å²) in [4.78, 5) is 45.0. The summed E-state index contributed by atoms with van der Waals surface area (Å²) in [6.45, 7) is 2.66. The van der Waals surface area contributed by atoms with Crippen molar-refractivity contribution in [3.05, 3.63) is 82.3 Å². The Labute approximate surface area is 196 Å². The van der Waals surface area contributed by atoms with Crippen LogP contribution in [0.15, 0.2) is 65.6 Å². The van der Waals surface area contributed by atoms with E-state index in [9.17, 15) is 14.4 Å². The first-order valence-electron chi connectivity index (χ1n) is 11.4. The molecule has 1 aliphatic heterocycles. The molecule has 3 N–H and O–H groups in total. The molecule has 4 aromatic rings. The zero-order valence-corrected chi connectivity index (χ0v) is 18.8. The molecule has 0 saturated heterocycles. The van der Waals surface area contributed by atoms with E-state index >= 15 is 0 Å². The van der Waals surface area contributed by atoms with E-state index in [2.05, 4.69) is 27.1 Å². The number of aromatic nitrogens is 3. The van der Waals surface area contributed by atoms with Crippen molar-refractivity contribution in [2.75, 3.05) is 11.9 Å². The molecule has 2 aromatic heterocycles. The van der Waals surface area contributed by atoms with E-state index in [0.29, 0.717) is 23.6 Å². The van der Waals surface area contributed by atoms with Crippen LogP contribution in [0.4, 0.5) is 5.95 Å². The van der Waals surface area contributed by atoms with Crippen molar-refractivity contribution < 1.29 is 9.59 Å². The van der Waals surface area contributed by atoms with Crippen LogP contribution in [0.2, 0.25) is 0 Å². The second-order valence-corrected chi connectivity index (χ2v) is 8.56. The van der Waals surface area contributed by atoms with Crippen LogP contribution in [0, 0.1) is 0 Å². The molecule has 1 unspecified atom stereocenters. The molecule has 1 aliphatic rings. The number of amides is 2. The minimum absolute atomic E-state index is 0.0217. The molecule has 0 spiro atoms. The van der Waals surface area contributed by atoms with Gasteiger partial charge in [0, 0.05) is 41.5 Å². The third-order valence-corrected chi connectivity index (χ3v) is 6.18. The Kier molecular flexibility index (Phi) is 5.71. The lowest BCUT2D eigenvalue weighted by molar-refractivity contribution is 0.0953. The molecule has 172 valence electrons. The van der Waals surface area contributed by atoms with Gasteiger partial charge in [-0.3, -0.25) is 19.7 Å². The Balaban J connectivity index is 1.67. The summed E-state index contributed by atoms with van der Waals surface area (Å²) in [6, 6.07) is 15.9. The van der Waals surface area contributed by atoms with Crippen molar-refractivity contribution in [1.29, 1.82) is 0 Å². The predicted octanol–water partition coefficient (Wildman–Crippen LogP) is 4.12. The number of nitrogens with one attached hydrogen (secondary N) is 3. The van der Waals surface area contributed by atoms with Gasteiger partial charge in [-0.05, 0) is 62.1 Å². The quantitative estimate of drug-likeness (QED) is 0.401. The number of carbonyl (C=O) groups is 2. The van der Waals surface area contributed by atoms with E-state index in [1.54, 1.807) is 36.5 Å². The largest absolute Gasteiger partial charge is 0.352 e. The lowest BCUT2D eigenvalue weighted by atomic mass is 10.0. The topological polar surface area (TPSA) is 109 Å². The minimum Gasteiger partial charge on any atom is -0.352 e. The molecule has 8 nitrogen and oxygen atoms in total. The van der Waals surface area contributed by atoms with Gasteiger partial charge in [0.2, 0.25) is 11.5 Å². The summed E-state index contributed by atoms with van der Waals surface area (Å²) < 4.78 is 2.05. The summed E-state index contributed by atoms with van der Waals surface area (Å²) in [5, 5.41) is 5.89. The molecular weight excluding hydrogens is 430 g/mol. The summed E-state index contributed by atoms with van der Waals surface area (Å²) in [7, 11) is 0. The van der Waals surface area contributed by atoms with Crippen molar-refractivity contribution in [1.82, 2.24) is 19.9 Å². The average Bonchev–Trinajstić information content (AvgIpc) is 3.21. The van der Waals surface area contributed by atoms with Crippen molar-refractivity contribution in [2.24, 2.45) is 0 Å². The molecule has 8 heteroatoms. The summed E-state index contributed by atoms with van der Waals surface area (Å²) in [6.07, 6.45) is 4.19. The van der Waals surface area contributed by atoms with Gasteiger partial charge in [0.1, 0.15) is 0 Å². The summed E-state index contributed by atoms with van der Waals surface area (Å²) >= 11 is 0. The number of para-hydroxylation sites is 1. The van der Waals surface area contributed by atoms with Crippen molar-refractivity contribution in [2.45, 2.75) is 32.2 Å². The number of pyridine rings is 1. The van der Waals surface area contributed by atoms with Crippen molar-refractivity contribution in [3.63, 3.8) is 0 Å². The number of hydrogen-bond acceptors (Lipinski definition) is 4. The molecule has 34 heavy (non-hydrogen) atoms. The van der Waals surface area contributed by atoms with E-state index in [1.165, 1.54) is 0 Å². The lowest BCUT2D eigenvalue weighted by Gasteiger charge is -2.20. The van der Waals surface area contributed by atoms with E-state index < -0.39 is 0 Å². The number of anilines is 1. The fraction of sp³-hybridized carbons (Fsp3) is 0.231. The highest BCUT2D eigenvalue weighted by Crippen LogP contribution is 2.34. The molecule has 2 bridgehead atoms. The van der Waals surface area contributed by atoms with Crippen LogP contribution >= 0.6 is 0 Å². The minimum atomic E-state index is -0.340. The fourth-order valence-electron chi connectivity index (χ4n) is 4.48. The van der Waals surface area contributed by atoms with Crippen LogP contribution in [0.25, 0.3) is 22.2 Å². The number of H-pyrrole nitrogens is 1. The van der Waals surface area contributed by atoms with Gasteiger partial charge >= 0.3 is 0 Å². The predicted molar refractivity (Wildman–Crippen MR) is 131 cm³/mol. The van der Waals surface area contributed by atoms with Gasteiger partial charge in [-0.15, -0.1) is 0 Å². The lowest BCUT2D eigenvalue weighted by Crippen LogP contribution is -2.25. The maximum absolute atomic E-state index is 13.2. The van der Waals surface area contributed by atoms with Crippen LogP contribution in [0.5, 0.6) is 0 Å². The molecule has 2 aromatic carbocycles. The molecule has 2 amide bonds. The third-order valence-electron chi connectivity index (χ3n) is 6.18. The third kappa shape index (κ3) is 4.10. The van der Waals surface area contributed by atoms with Gasteiger partial charge in [0.25, 0.3) is 11.8 Å². The maximum atomic E-state index is 13.2. The molecule has 1 atom stereocenters. The molecule has 0 radical (unpaired) electrons. The molecule has 3 heterocycles. The number of benzene rings is 2. The second kappa shape index (κ2) is 8.97. The Bertz CT molecular complexity index is 1450. The van der Waals surface area contributed by atoms with Gasteiger partial charge in [-0.2, -0.15) is 0 Å². The van der Waals surface area contributed by atoms with Crippen molar-refractivity contribution >= 4 is 28.8 Å². The number of hydrogen-bond donors (Lipinski definition) is 3. The van der Waals surface area contributed by atoms with E-state index in [0.717, 1.165) is 41.4 Å². The van der Waals surface area contributed by atoms with Crippen LogP contribution in [0.3, 0.4) is 0 Å². The Morgan fingerprint density at radius 3 is 2.53 bits per heavy atom. The first kappa shape index (κ1) is 21.6.